The van der Waals surface area contributed by atoms with E-state index < -0.39 is 6.43 Å². The van der Waals surface area contributed by atoms with Gasteiger partial charge in [-0.1, -0.05) is 44.1 Å². The molecule has 3 aliphatic rings. The molecule has 0 saturated heterocycles. The molecule has 1 unspecified atom stereocenters. The molecule has 1 atom stereocenters. The van der Waals surface area contributed by atoms with Crippen molar-refractivity contribution < 1.29 is 8.78 Å². The van der Waals surface area contributed by atoms with Crippen molar-refractivity contribution in [3.8, 4) is 0 Å². The van der Waals surface area contributed by atoms with Gasteiger partial charge in [0.15, 0.2) is 0 Å². The van der Waals surface area contributed by atoms with Crippen LogP contribution in [0.3, 0.4) is 0 Å². The van der Waals surface area contributed by atoms with Crippen LogP contribution >= 0.6 is 0 Å². The summed E-state index contributed by atoms with van der Waals surface area (Å²) in [7, 11) is 0. The van der Waals surface area contributed by atoms with Crippen molar-refractivity contribution in [1.82, 2.24) is 10.3 Å². The molecule has 26 heavy (non-hydrogen) atoms. The van der Waals surface area contributed by atoms with Gasteiger partial charge in [-0.05, 0) is 31.4 Å². The number of amidine groups is 1. The lowest BCUT2D eigenvalue weighted by Crippen LogP contribution is -2.43. The van der Waals surface area contributed by atoms with Gasteiger partial charge in [0.2, 0.25) is 6.43 Å². The average molecular weight is 362 g/mol. The topological polar surface area (TPSA) is 53.6 Å². The highest BCUT2D eigenvalue weighted by atomic mass is 19.3. The van der Waals surface area contributed by atoms with Crippen molar-refractivity contribution in [2.75, 3.05) is 6.54 Å². The summed E-state index contributed by atoms with van der Waals surface area (Å²) >= 11 is 0. The Morgan fingerprint density at radius 1 is 1.38 bits per heavy atom. The first-order valence-electron chi connectivity index (χ1n) is 9.34. The second kappa shape index (κ2) is 7.74. The molecule has 0 spiro atoms. The maximum absolute atomic E-state index is 12.6. The monoisotopic (exact) mass is 362 g/mol. The highest BCUT2D eigenvalue weighted by Crippen LogP contribution is 2.51. The van der Waals surface area contributed by atoms with Crippen LogP contribution in [0.2, 0.25) is 0 Å². The molecule has 0 radical (unpaired) electrons. The quantitative estimate of drug-likeness (QED) is 0.531. The number of nitrogens with two attached hydrogens (primary N) is 1. The van der Waals surface area contributed by atoms with E-state index in [4.69, 9.17) is 5.84 Å². The van der Waals surface area contributed by atoms with Crippen LogP contribution in [0.5, 0.6) is 0 Å². The summed E-state index contributed by atoms with van der Waals surface area (Å²) in [5.74, 6) is 6.94. The first-order valence-corrected chi connectivity index (χ1v) is 9.34. The van der Waals surface area contributed by atoms with Gasteiger partial charge in [-0.3, -0.25) is 4.99 Å². The van der Waals surface area contributed by atoms with Crippen molar-refractivity contribution in [1.29, 1.82) is 0 Å². The van der Waals surface area contributed by atoms with E-state index in [-0.39, 0.29) is 24.4 Å². The van der Waals surface area contributed by atoms with Crippen molar-refractivity contribution in [2.24, 2.45) is 16.3 Å². The van der Waals surface area contributed by atoms with Crippen LogP contribution in [0.1, 0.15) is 44.9 Å². The number of rotatable bonds is 7. The summed E-state index contributed by atoms with van der Waals surface area (Å²) in [6.07, 6.45) is 9.46. The number of aliphatic imine (C=N–C) groups is 1. The van der Waals surface area contributed by atoms with Gasteiger partial charge in [0.05, 0.1) is 6.04 Å². The molecule has 0 aromatic heterocycles. The first-order chi connectivity index (χ1) is 12.5. The Morgan fingerprint density at radius 3 is 2.77 bits per heavy atom. The predicted molar refractivity (Wildman–Crippen MR) is 102 cm³/mol. The Balaban J connectivity index is 1.83. The molecule has 0 amide bonds. The van der Waals surface area contributed by atoms with Crippen molar-refractivity contribution in [3.63, 3.8) is 0 Å². The maximum Gasteiger partial charge on any atom is 0.240 e. The van der Waals surface area contributed by atoms with E-state index in [2.05, 4.69) is 35.6 Å². The predicted octanol–water partition coefficient (Wildman–Crippen LogP) is 4.05. The van der Waals surface area contributed by atoms with Gasteiger partial charge < -0.3 is 10.3 Å². The van der Waals surface area contributed by atoms with Gasteiger partial charge in [-0.25, -0.2) is 14.6 Å². The zero-order valence-electron chi connectivity index (χ0n) is 15.2. The van der Waals surface area contributed by atoms with Crippen LogP contribution in [0.15, 0.2) is 53.3 Å². The molecule has 3 rings (SSSR count). The van der Waals surface area contributed by atoms with E-state index in [9.17, 15) is 8.78 Å². The molecule has 1 aliphatic heterocycles. The van der Waals surface area contributed by atoms with Gasteiger partial charge in [0.25, 0.3) is 0 Å². The van der Waals surface area contributed by atoms with Crippen LogP contribution in [-0.4, -0.2) is 29.9 Å². The number of hydrogen-bond acceptors (Lipinski definition) is 4. The van der Waals surface area contributed by atoms with E-state index >= 15 is 0 Å². The number of hydrazine groups is 1. The van der Waals surface area contributed by atoms with E-state index in [1.807, 2.05) is 0 Å². The van der Waals surface area contributed by atoms with Crippen LogP contribution < -0.4 is 11.2 Å². The van der Waals surface area contributed by atoms with Gasteiger partial charge in [0.1, 0.15) is 5.84 Å². The Labute approximate surface area is 154 Å². The Bertz CT molecular complexity index is 657. The average Bonchev–Trinajstić information content (AvgIpc) is 3.08. The lowest BCUT2D eigenvalue weighted by Gasteiger charge is -2.45. The minimum absolute atomic E-state index is 0.0712. The fourth-order valence-corrected chi connectivity index (χ4v) is 4.33. The summed E-state index contributed by atoms with van der Waals surface area (Å²) < 4.78 is 25.2. The smallest absolute Gasteiger partial charge is 0.240 e. The molecule has 2 aliphatic carbocycles. The highest BCUT2D eigenvalue weighted by molar-refractivity contribution is 5.96. The summed E-state index contributed by atoms with van der Waals surface area (Å²) in [6, 6.07) is 0.0712. The van der Waals surface area contributed by atoms with Gasteiger partial charge in [0, 0.05) is 29.8 Å². The SMILES string of the molecule is C=CC1=NC2CC(C3(C(=C)N(N)CCC(F)F)CCCCC3)=CC=C2N1. The number of hydrogen-bond donors (Lipinski definition) is 2. The zero-order chi connectivity index (χ0) is 18.7. The summed E-state index contributed by atoms with van der Waals surface area (Å²) in [5, 5.41) is 4.72. The van der Waals surface area contributed by atoms with Gasteiger partial charge in [-0.15, -0.1) is 0 Å². The summed E-state index contributed by atoms with van der Waals surface area (Å²) in [4.78, 5) is 4.67. The number of nitrogens with zero attached hydrogens (tertiary/aromatic N) is 2. The lowest BCUT2D eigenvalue weighted by atomic mass is 9.64. The van der Waals surface area contributed by atoms with Crippen LogP contribution in [0.25, 0.3) is 0 Å². The standard InChI is InChI=1S/C20H28F2N4/c1-3-19-24-16-8-7-15(13-17(16)25-19)20(10-5-4-6-11-20)14(2)26(23)12-9-18(21)22/h3,7-8,17-18H,1-2,4-6,9-13,23H2,(H,24,25). The molecule has 1 saturated carbocycles. The molecule has 142 valence electrons. The number of alkyl halides is 2. The summed E-state index contributed by atoms with van der Waals surface area (Å²) in [5.41, 5.74) is 2.87. The molecule has 3 N–H and O–H groups in total. The highest BCUT2D eigenvalue weighted by Gasteiger charge is 2.42. The van der Waals surface area contributed by atoms with E-state index in [1.165, 1.54) is 17.0 Å². The number of allylic oxidation sites excluding steroid dienone is 3. The first kappa shape index (κ1) is 18.8. The van der Waals surface area contributed by atoms with E-state index in [1.54, 1.807) is 6.08 Å². The Hall–Kier alpha value is -1.95. The number of fused-ring (bicyclic) bond motifs is 1. The molecule has 0 aromatic rings. The van der Waals surface area contributed by atoms with Gasteiger partial charge in [-0.2, -0.15) is 0 Å². The fourth-order valence-electron chi connectivity index (χ4n) is 4.33. The Kier molecular flexibility index (Phi) is 5.61. The van der Waals surface area contributed by atoms with E-state index in [0.717, 1.165) is 49.3 Å². The Morgan fingerprint density at radius 2 is 2.12 bits per heavy atom. The minimum atomic E-state index is -2.35. The van der Waals surface area contributed by atoms with Crippen molar-refractivity contribution >= 4 is 5.84 Å². The minimum Gasteiger partial charge on any atom is -0.342 e. The summed E-state index contributed by atoms with van der Waals surface area (Å²) in [6.45, 7) is 8.14. The number of nitrogens with one attached hydrogen (secondary N) is 1. The van der Waals surface area contributed by atoms with Crippen LogP contribution in [0, 0.1) is 5.41 Å². The van der Waals surface area contributed by atoms with Crippen LogP contribution in [0.4, 0.5) is 8.78 Å². The van der Waals surface area contributed by atoms with Crippen LogP contribution in [-0.2, 0) is 0 Å². The fraction of sp³-hybridized carbons (Fsp3) is 0.550. The molecule has 1 fully saturated rings. The third kappa shape index (κ3) is 3.61. The third-order valence-corrected chi connectivity index (χ3v) is 5.81. The third-order valence-electron chi connectivity index (χ3n) is 5.81. The number of halogens is 2. The molecule has 4 nitrogen and oxygen atoms in total. The molecular weight excluding hydrogens is 334 g/mol. The van der Waals surface area contributed by atoms with Crippen molar-refractivity contribution in [2.45, 2.75) is 57.4 Å². The second-order valence-electron chi connectivity index (χ2n) is 7.34. The molecule has 0 bridgehead atoms. The zero-order valence-corrected chi connectivity index (χ0v) is 15.2. The second-order valence-corrected chi connectivity index (χ2v) is 7.34. The molecule has 6 heteroatoms. The normalized spacial score (nSPS) is 24.2. The van der Waals surface area contributed by atoms with Gasteiger partial charge >= 0.3 is 0 Å². The largest absolute Gasteiger partial charge is 0.342 e. The lowest BCUT2D eigenvalue weighted by molar-refractivity contribution is 0.114. The molecule has 1 heterocycles. The maximum atomic E-state index is 12.6. The molecular formula is C20H28F2N4. The van der Waals surface area contributed by atoms with Crippen molar-refractivity contribution in [3.05, 3.63) is 48.4 Å². The molecule has 0 aromatic carbocycles. The van der Waals surface area contributed by atoms with E-state index in [0.29, 0.717) is 0 Å².